The summed E-state index contributed by atoms with van der Waals surface area (Å²) in [6, 6.07) is 3.46. The van der Waals surface area contributed by atoms with Gasteiger partial charge in [0.25, 0.3) is 0 Å². The van der Waals surface area contributed by atoms with Gasteiger partial charge in [-0.15, -0.1) is 0 Å². The summed E-state index contributed by atoms with van der Waals surface area (Å²) >= 11 is 3.03. The fourth-order valence-electron chi connectivity index (χ4n) is 1.15. The number of nitrogens with one attached hydrogen (secondary N) is 1. The molecular weight excluding hydrogens is 297 g/mol. The van der Waals surface area contributed by atoms with Gasteiger partial charge in [-0.3, -0.25) is 0 Å². The van der Waals surface area contributed by atoms with Gasteiger partial charge in [0, 0.05) is 10.0 Å². The lowest BCUT2D eigenvalue weighted by Gasteiger charge is -2.20. The van der Waals surface area contributed by atoms with Gasteiger partial charge in [-0.25, -0.2) is 17.5 Å². The summed E-state index contributed by atoms with van der Waals surface area (Å²) in [4.78, 5) is 0.0313. The molecule has 16 heavy (non-hydrogen) atoms. The van der Waals surface area contributed by atoms with Crippen LogP contribution in [0.15, 0.2) is 27.6 Å². The lowest BCUT2D eigenvalue weighted by molar-refractivity contribution is 0.491. The van der Waals surface area contributed by atoms with E-state index in [1.54, 1.807) is 20.8 Å². The van der Waals surface area contributed by atoms with Crippen LogP contribution in [0.3, 0.4) is 0 Å². The minimum atomic E-state index is -3.63. The van der Waals surface area contributed by atoms with Crippen LogP contribution in [-0.2, 0) is 10.0 Å². The molecule has 0 aromatic heterocycles. The van der Waals surface area contributed by atoms with Crippen molar-refractivity contribution in [3.8, 4) is 0 Å². The van der Waals surface area contributed by atoms with E-state index in [0.29, 0.717) is 0 Å². The van der Waals surface area contributed by atoms with Crippen LogP contribution in [0.4, 0.5) is 4.39 Å². The molecule has 0 spiro atoms. The number of sulfonamides is 1. The van der Waals surface area contributed by atoms with Crippen molar-refractivity contribution in [2.45, 2.75) is 31.2 Å². The van der Waals surface area contributed by atoms with Gasteiger partial charge in [0.2, 0.25) is 10.0 Å². The van der Waals surface area contributed by atoms with Crippen LogP contribution in [-0.4, -0.2) is 14.0 Å². The molecular formula is C10H13BrFNO2S. The van der Waals surface area contributed by atoms with Gasteiger partial charge in [-0.2, -0.15) is 0 Å². The molecule has 0 unspecified atom stereocenters. The molecule has 1 aromatic carbocycles. The first-order valence-electron chi connectivity index (χ1n) is 4.61. The summed E-state index contributed by atoms with van der Waals surface area (Å²) in [6.07, 6.45) is 0. The molecule has 1 rings (SSSR count). The third kappa shape index (κ3) is 3.54. The summed E-state index contributed by atoms with van der Waals surface area (Å²) < 4.78 is 39.4. The van der Waals surface area contributed by atoms with Crippen molar-refractivity contribution in [2.24, 2.45) is 0 Å². The molecule has 0 aliphatic rings. The summed E-state index contributed by atoms with van der Waals surface area (Å²) in [6.45, 7) is 5.21. The number of hydrogen-bond donors (Lipinski definition) is 1. The third-order valence-electron chi connectivity index (χ3n) is 1.62. The fourth-order valence-corrected chi connectivity index (χ4v) is 3.62. The molecule has 0 aliphatic heterocycles. The van der Waals surface area contributed by atoms with Crippen LogP contribution in [0.25, 0.3) is 0 Å². The SMILES string of the molecule is CC(C)(C)NS(=O)(=O)c1ccc(F)cc1Br. The molecule has 3 nitrogen and oxygen atoms in total. The molecule has 6 heteroatoms. The van der Waals surface area contributed by atoms with E-state index in [2.05, 4.69) is 20.7 Å². The quantitative estimate of drug-likeness (QED) is 0.913. The number of benzene rings is 1. The van der Waals surface area contributed by atoms with Gasteiger partial charge in [0.1, 0.15) is 5.82 Å². The van der Waals surface area contributed by atoms with Crippen molar-refractivity contribution in [2.75, 3.05) is 0 Å². The van der Waals surface area contributed by atoms with E-state index in [9.17, 15) is 12.8 Å². The first kappa shape index (κ1) is 13.6. The van der Waals surface area contributed by atoms with Crippen LogP contribution >= 0.6 is 15.9 Å². The van der Waals surface area contributed by atoms with Crippen molar-refractivity contribution >= 4 is 26.0 Å². The second kappa shape index (κ2) is 4.43. The van der Waals surface area contributed by atoms with Gasteiger partial charge >= 0.3 is 0 Å². The number of halogens is 2. The Morgan fingerprint density at radius 2 is 1.88 bits per heavy atom. The average molecular weight is 310 g/mol. The Morgan fingerprint density at radius 1 is 1.31 bits per heavy atom. The Bertz CT molecular complexity index is 494. The zero-order chi connectivity index (χ0) is 12.6. The Balaban J connectivity index is 3.18. The maximum absolute atomic E-state index is 12.8. The Hall–Kier alpha value is -0.460. The van der Waals surface area contributed by atoms with Crippen LogP contribution < -0.4 is 4.72 Å². The van der Waals surface area contributed by atoms with E-state index in [0.717, 1.165) is 12.1 Å². The topological polar surface area (TPSA) is 46.2 Å². The molecule has 90 valence electrons. The zero-order valence-corrected chi connectivity index (χ0v) is 11.6. The highest BCUT2D eigenvalue weighted by Crippen LogP contribution is 2.23. The first-order chi connectivity index (χ1) is 7.12. The van der Waals surface area contributed by atoms with Gasteiger partial charge < -0.3 is 0 Å². The third-order valence-corrected chi connectivity index (χ3v) is 4.36. The van der Waals surface area contributed by atoms with E-state index >= 15 is 0 Å². The standard InChI is InChI=1S/C10H13BrFNO2S/c1-10(2,3)13-16(14,15)9-5-4-7(12)6-8(9)11/h4-6,13H,1-3H3. The van der Waals surface area contributed by atoms with Crippen LogP contribution in [0.5, 0.6) is 0 Å². The molecule has 0 saturated heterocycles. The summed E-state index contributed by atoms with van der Waals surface area (Å²) in [5, 5.41) is 0. The van der Waals surface area contributed by atoms with Crippen molar-refractivity contribution in [1.82, 2.24) is 4.72 Å². The second-order valence-corrected chi connectivity index (χ2v) is 6.94. The molecule has 0 saturated carbocycles. The minimum absolute atomic E-state index is 0.0313. The Kier molecular flexibility index (Phi) is 3.76. The first-order valence-corrected chi connectivity index (χ1v) is 6.88. The molecule has 0 atom stereocenters. The highest BCUT2D eigenvalue weighted by atomic mass is 79.9. The smallest absolute Gasteiger partial charge is 0.207 e. The minimum Gasteiger partial charge on any atom is -0.207 e. The van der Waals surface area contributed by atoms with Gasteiger partial charge in [0.15, 0.2) is 0 Å². The van der Waals surface area contributed by atoms with Crippen LogP contribution in [0, 0.1) is 5.82 Å². The predicted molar refractivity (Wildman–Crippen MR) is 64.2 cm³/mol. The van der Waals surface area contributed by atoms with Crippen molar-refractivity contribution in [3.63, 3.8) is 0 Å². The highest BCUT2D eigenvalue weighted by molar-refractivity contribution is 9.10. The molecule has 0 radical (unpaired) electrons. The van der Waals surface area contributed by atoms with E-state index in [-0.39, 0.29) is 9.37 Å². The van der Waals surface area contributed by atoms with Crippen LogP contribution in [0.2, 0.25) is 0 Å². The summed E-state index contributed by atoms with van der Waals surface area (Å²) in [5.74, 6) is -0.485. The van der Waals surface area contributed by atoms with E-state index in [1.165, 1.54) is 6.07 Å². The zero-order valence-electron chi connectivity index (χ0n) is 9.21. The van der Waals surface area contributed by atoms with E-state index in [4.69, 9.17) is 0 Å². The maximum Gasteiger partial charge on any atom is 0.242 e. The normalized spacial score (nSPS) is 12.8. The molecule has 0 aliphatic carbocycles. The van der Waals surface area contributed by atoms with Gasteiger partial charge in [0.05, 0.1) is 4.90 Å². The number of rotatable bonds is 2. The second-order valence-electron chi connectivity index (χ2n) is 4.43. The molecule has 0 bridgehead atoms. The summed E-state index contributed by atoms with van der Waals surface area (Å²) in [5.41, 5.74) is -0.577. The molecule has 1 aromatic rings. The highest BCUT2D eigenvalue weighted by Gasteiger charge is 2.23. The maximum atomic E-state index is 12.8. The van der Waals surface area contributed by atoms with Crippen molar-refractivity contribution in [1.29, 1.82) is 0 Å². The van der Waals surface area contributed by atoms with Crippen LogP contribution in [0.1, 0.15) is 20.8 Å². The molecule has 0 amide bonds. The van der Waals surface area contributed by atoms with E-state index < -0.39 is 21.4 Å². The predicted octanol–water partition coefficient (Wildman–Crippen LogP) is 2.67. The van der Waals surface area contributed by atoms with Gasteiger partial charge in [-0.1, -0.05) is 0 Å². The molecule has 1 N–H and O–H groups in total. The van der Waals surface area contributed by atoms with Gasteiger partial charge in [-0.05, 0) is 54.9 Å². The Labute approximate surface area is 103 Å². The van der Waals surface area contributed by atoms with Crippen molar-refractivity contribution in [3.05, 3.63) is 28.5 Å². The lowest BCUT2D eigenvalue weighted by Crippen LogP contribution is -2.40. The molecule has 0 heterocycles. The van der Waals surface area contributed by atoms with E-state index in [1.807, 2.05) is 0 Å². The Morgan fingerprint density at radius 3 is 2.31 bits per heavy atom. The summed E-state index contributed by atoms with van der Waals surface area (Å²) in [7, 11) is -3.63. The largest absolute Gasteiger partial charge is 0.242 e. The van der Waals surface area contributed by atoms with Crippen molar-refractivity contribution < 1.29 is 12.8 Å². The molecule has 0 fully saturated rings. The number of hydrogen-bond acceptors (Lipinski definition) is 2. The lowest BCUT2D eigenvalue weighted by atomic mass is 10.1. The fraction of sp³-hybridized carbons (Fsp3) is 0.400. The average Bonchev–Trinajstić information content (AvgIpc) is 1.97. The monoisotopic (exact) mass is 309 g/mol.